The van der Waals surface area contributed by atoms with Gasteiger partial charge in [-0.25, -0.2) is 0 Å². The van der Waals surface area contributed by atoms with Crippen molar-refractivity contribution in [3.8, 4) is 0 Å². The molecular weight excluding hydrogens is 560 g/mol. The van der Waals surface area contributed by atoms with Crippen molar-refractivity contribution < 1.29 is 42.0 Å². The van der Waals surface area contributed by atoms with Crippen molar-refractivity contribution in [2.45, 2.75) is 153 Å². The van der Waals surface area contributed by atoms with Gasteiger partial charge in [0.2, 0.25) is 0 Å². The summed E-state index contributed by atoms with van der Waals surface area (Å²) in [6.45, 7) is 31.3. The Labute approximate surface area is 251 Å². The number of rotatable bonds is 11. The lowest BCUT2D eigenvalue weighted by molar-refractivity contribution is -0.234. The van der Waals surface area contributed by atoms with Gasteiger partial charge in [0.15, 0.2) is 28.7 Å². The molecular formula is C30H58O9Si2. The van der Waals surface area contributed by atoms with Crippen LogP contribution in [0.5, 0.6) is 0 Å². The molecule has 3 saturated heterocycles. The summed E-state index contributed by atoms with van der Waals surface area (Å²) in [5, 5.41) is 0.0488. The minimum Gasteiger partial charge on any atom is -0.414 e. The third kappa shape index (κ3) is 7.91. The first-order valence-corrected chi connectivity index (χ1v) is 20.8. The Kier molecular flexibility index (Phi) is 10.9. The molecule has 3 aliphatic rings. The van der Waals surface area contributed by atoms with Gasteiger partial charge in [0.05, 0.1) is 24.9 Å². The van der Waals surface area contributed by atoms with E-state index in [-0.39, 0.29) is 41.3 Å². The smallest absolute Gasteiger partial charge is 0.193 e. The van der Waals surface area contributed by atoms with E-state index in [0.717, 1.165) is 5.57 Å². The summed E-state index contributed by atoms with van der Waals surface area (Å²) in [4.78, 5) is 0. The van der Waals surface area contributed by atoms with Crippen LogP contribution in [0.3, 0.4) is 0 Å². The number of ether oxygens (including phenoxy) is 7. The Bertz CT molecular complexity index is 895. The highest BCUT2D eigenvalue weighted by atomic mass is 28.4. The first-order valence-electron chi connectivity index (χ1n) is 14.9. The fourth-order valence-corrected chi connectivity index (χ4v) is 7.31. The Hall–Kier alpha value is -0.186. The lowest BCUT2D eigenvalue weighted by Crippen LogP contribution is -2.59. The Morgan fingerprint density at radius 2 is 1.44 bits per heavy atom. The summed E-state index contributed by atoms with van der Waals surface area (Å²) in [5.41, 5.74) is 0.832. The summed E-state index contributed by atoms with van der Waals surface area (Å²) in [7, 11) is -1.05. The van der Waals surface area contributed by atoms with Gasteiger partial charge < -0.3 is 42.0 Å². The van der Waals surface area contributed by atoms with Gasteiger partial charge in [-0.3, -0.25) is 0 Å². The van der Waals surface area contributed by atoms with E-state index < -0.39 is 47.0 Å². The summed E-state index contributed by atoms with van der Waals surface area (Å²) < 4.78 is 56.6. The molecule has 9 nitrogen and oxygen atoms in total. The minimum absolute atomic E-state index is 0.00585. The average molecular weight is 619 g/mol. The zero-order chi connectivity index (χ0) is 31.2. The first kappa shape index (κ1) is 35.3. The first-order chi connectivity index (χ1) is 18.6. The Balaban J connectivity index is 1.94. The molecule has 11 heteroatoms. The molecule has 0 spiro atoms. The van der Waals surface area contributed by atoms with E-state index in [1.54, 1.807) is 14.2 Å². The van der Waals surface area contributed by atoms with Crippen molar-refractivity contribution in [1.82, 2.24) is 0 Å². The standard InChI is InChI=1S/C30H58O9Si2/c1-19-20(16-21-25-26(27(32-11)36-21)38-30(8,9)37-25)35-22(17-34-40(12,13)28(2,3)4)24(33-18-31-10)23(19)39-41(14,15)29(5,6)7/h20-27H,1,16-18H2,2-15H3/t20-,21-,22-,23-,24+,25-,26-,27-/m1/s1. The maximum Gasteiger partial charge on any atom is 0.193 e. The molecule has 0 aliphatic carbocycles. The van der Waals surface area contributed by atoms with Crippen LogP contribution in [-0.4, -0.2) is 99.1 Å². The molecule has 0 bridgehead atoms. The van der Waals surface area contributed by atoms with Crippen LogP contribution in [0.25, 0.3) is 0 Å². The maximum atomic E-state index is 7.06. The zero-order valence-corrected chi connectivity index (χ0v) is 30.1. The van der Waals surface area contributed by atoms with E-state index in [0.29, 0.717) is 13.0 Å². The molecule has 0 N–H and O–H groups in total. The monoisotopic (exact) mass is 618 g/mol. The predicted octanol–water partition coefficient (Wildman–Crippen LogP) is 5.99. The summed E-state index contributed by atoms with van der Waals surface area (Å²) in [6.07, 6.45) is -2.49. The highest BCUT2D eigenvalue weighted by Gasteiger charge is 2.57. The molecule has 240 valence electrons. The molecule has 0 unspecified atom stereocenters. The van der Waals surface area contributed by atoms with Crippen LogP contribution in [0.4, 0.5) is 0 Å². The lowest BCUT2D eigenvalue weighted by atomic mass is 9.89. The third-order valence-corrected chi connectivity index (χ3v) is 18.5. The largest absolute Gasteiger partial charge is 0.414 e. The Morgan fingerprint density at radius 1 is 0.854 bits per heavy atom. The molecule has 0 aromatic rings. The number of fused-ring (bicyclic) bond motifs is 1. The fraction of sp³-hybridized carbons (Fsp3) is 0.933. The highest BCUT2D eigenvalue weighted by Crippen LogP contribution is 2.45. The third-order valence-electron chi connectivity index (χ3n) is 9.59. The van der Waals surface area contributed by atoms with Gasteiger partial charge >= 0.3 is 0 Å². The molecule has 3 heterocycles. The minimum atomic E-state index is -2.23. The summed E-state index contributed by atoms with van der Waals surface area (Å²) >= 11 is 0. The second-order valence-corrected chi connectivity index (χ2v) is 24.8. The van der Waals surface area contributed by atoms with Crippen LogP contribution in [-0.2, 0) is 42.0 Å². The SMILES string of the molecule is C=C1[C@@H](O[Si](C)(C)C(C)(C)C)[C@@H](OCOC)[C@@H](CO[Si](C)(C)C(C)(C)C)O[C@@H]1C[C@H]1O[C@@H](OC)[C@@H]2OC(C)(C)O[C@@H]21. The van der Waals surface area contributed by atoms with E-state index in [9.17, 15) is 0 Å². The number of hydrogen-bond acceptors (Lipinski definition) is 9. The lowest BCUT2D eigenvalue weighted by Gasteiger charge is -2.49. The normalized spacial score (nSPS) is 34.7. The van der Waals surface area contributed by atoms with Crippen LogP contribution in [0.1, 0.15) is 61.8 Å². The molecule has 3 aliphatic heterocycles. The molecule has 3 rings (SSSR count). The van der Waals surface area contributed by atoms with Crippen LogP contribution < -0.4 is 0 Å². The van der Waals surface area contributed by atoms with Gasteiger partial charge in [-0.05, 0) is 55.7 Å². The van der Waals surface area contributed by atoms with Gasteiger partial charge in [0.25, 0.3) is 0 Å². The molecule has 0 amide bonds. The van der Waals surface area contributed by atoms with Crippen molar-refractivity contribution in [2.75, 3.05) is 27.6 Å². The van der Waals surface area contributed by atoms with E-state index in [2.05, 4.69) is 74.3 Å². The van der Waals surface area contributed by atoms with Crippen LogP contribution in [0.15, 0.2) is 12.2 Å². The van der Waals surface area contributed by atoms with Gasteiger partial charge in [0.1, 0.15) is 31.2 Å². The van der Waals surface area contributed by atoms with Gasteiger partial charge in [-0.1, -0.05) is 48.1 Å². The van der Waals surface area contributed by atoms with Crippen molar-refractivity contribution >= 4 is 16.6 Å². The van der Waals surface area contributed by atoms with Gasteiger partial charge in [0, 0.05) is 20.6 Å². The van der Waals surface area contributed by atoms with E-state index in [1.165, 1.54) is 0 Å². The second kappa shape index (κ2) is 12.7. The quantitative estimate of drug-likeness (QED) is 0.157. The van der Waals surface area contributed by atoms with Crippen LogP contribution in [0.2, 0.25) is 36.3 Å². The number of methoxy groups -OCH3 is 2. The fourth-order valence-electron chi connectivity index (χ4n) is 5.02. The van der Waals surface area contributed by atoms with E-state index in [4.69, 9.17) is 42.0 Å². The maximum absolute atomic E-state index is 7.06. The molecule has 3 fully saturated rings. The molecule has 0 aromatic carbocycles. The van der Waals surface area contributed by atoms with Gasteiger partial charge in [-0.15, -0.1) is 0 Å². The summed E-state index contributed by atoms with van der Waals surface area (Å²) in [6, 6.07) is 0. The molecule has 0 saturated carbocycles. The zero-order valence-electron chi connectivity index (χ0n) is 28.1. The van der Waals surface area contributed by atoms with Gasteiger partial charge in [-0.2, -0.15) is 0 Å². The highest BCUT2D eigenvalue weighted by molar-refractivity contribution is 6.74. The van der Waals surface area contributed by atoms with E-state index in [1.807, 2.05) is 13.8 Å². The van der Waals surface area contributed by atoms with Crippen molar-refractivity contribution in [1.29, 1.82) is 0 Å². The van der Waals surface area contributed by atoms with Crippen LogP contribution in [0, 0.1) is 0 Å². The Morgan fingerprint density at radius 3 is 1.98 bits per heavy atom. The summed E-state index contributed by atoms with van der Waals surface area (Å²) in [5.74, 6) is -0.717. The molecule has 8 atom stereocenters. The van der Waals surface area contributed by atoms with Crippen molar-refractivity contribution in [3.63, 3.8) is 0 Å². The van der Waals surface area contributed by atoms with Crippen LogP contribution >= 0.6 is 0 Å². The van der Waals surface area contributed by atoms with E-state index >= 15 is 0 Å². The average Bonchev–Trinajstić information content (AvgIpc) is 3.31. The number of hydrogen-bond donors (Lipinski definition) is 0. The predicted molar refractivity (Wildman–Crippen MR) is 164 cm³/mol. The molecule has 41 heavy (non-hydrogen) atoms. The molecule has 0 aromatic heterocycles. The molecule has 0 radical (unpaired) electrons. The second-order valence-electron chi connectivity index (χ2n) is 15.2. The van der Waals surface area contributed by atoms with Crippen molar-refractivity contribution in [3.05, 3.63) is 12.2 Å². The topological polar surface area (TPSA) is 83.1 Å². The van der Waals surface area contributed by atoms with Crippen molar-refractivity contribution in [2.24, 2.45) is 0 Å².